The van der Waals surface area contributed by atoms with Crippen molar-refractivity contribution < 1.29 is 32.6 Å². The van der Waals surface area contributed by atoms with Crippen LogP contribution in [0.15, 0.2) is 35.9 Å². The van der Waals surface area contributed by atoms with E-state index in [1.54, 1.807) is 26.0 Å². The number of thioether (sulfide) groups is 1. The maximum atomic E-state index is 13.5. The molecule has 0 saturated heterocycles. The van der Waals surface area contributed by atoms with Gasteiger partial charge in [-0.05, 0) is 110 Å². The van der Waals surface area contributed by atoms with Gasteiger partial charge in [-0.3, -0.25) is 4.79 Å². The number of ether oxygens (including phenoxy) is 4. The fraction of sp³-hybridized carbons (Fsp3) is 0.791. The molecule has 0 N–H and O–H groups in total. The zero-order chi connectivity index (χ0) is 40.6. The number of hydrogen-bond donors (Lipinski definition) is 0. The van der Waals surface area contributed by atoms with Gasteiger partial charge < -0.3 is 27.8 Å². The highest BCUT2D eigenvalue weighted by atomic mass is 32.2. The Morgan fingerprint density at radius 1 is 0.906 bits per heavy atom. The predicted molar refractivity (Wildman–Crippen MR) is 231 cm³/mol. The summed E-state index contributed by atoms with van der Waals surface area (Å²) in [5.41, 5.74) is 1.94. The summed E-state index contributed by atoms with van der Waals surface area (Å²) in [4.78, 5) is 13.5. The van der Waals surface area contributed by atoms with Gasteiger partial charge in [0.25, 0.3) is 0 Å². The highest BCUT2D eigenvalue weighted by Crippen LogP contribution is 2.41. The molecule has 1 aromatic carbocycles. The summed E-state index contributed by atoms with van der Waals surface area (Å²) >= 11 is 1.71. The molecular formula is C43H80O7SSi2. The van der Waals surface area contributed by atoms with Crippen molar-refractivity contribution in [2.24, 2.45) is 17.8 Å². The first-order valence-electron chi connectivity index (χ1n) is 19.8. The lowest BCUT2D eigenvalue weighted by molar-refractivity contribution is -0.116. The maximum Gasteiger partial charge on any atom is 0.192 e. The number of ketones is 1. The Morgan fingerprint density at radius 3 is 2.04 bits per heavy atom. The second kappa shape index (κ2) is 23.3. The number of rotatable bonds is 26. The fourth-order valence-corrected chi connectivity index (χ4v) is 8.64. The van der Waals surface area contributed by atoms with E-state index in [2.05, 4.69) is 101 Å². The normalized spacial score (nSPS) is 16.9. The average Bonchev–Trinajstić information content (AvgIpc) is 3.08. The SMILES string of the molecule is COc1ccc(COC[C@@H](C[C@H](C)C/C=C(\C)C(=O)CC[C@@H](C)[C@@H](O[Si](C)(C)C(C)(C)C)[C@H](C)[C@@H](CCO[Si](C)(C)C(C)(C)C)OCSC)OC)cc1. The fourth-order valence-electron chi connectivity index (χ4n) is 5.79. The maximum absolute atomic E-state index is 13.5. The van der Waals surface area contributed by atoms with Crippen molar-refractivity contribution >= 4 is 34.2 Å². The van der Waals surface area contributed by atoms with Gasteiger partial charge in [0.2, 0.25) is 0 Å². The lowest BCUT2D eigenvalue weighted by atomic mass is 9.85. The molecule has 10 heteroatoms. The van der Waals surface area contributed by atoms with Crippen LogP contribution in [0.3, 0.4) is 0 Å². The Labute approximate surface area is 332 Å². The molecule has 0 spiro atoms. The molecule has 0 amide bonds. The van der Waals surface area contributed by atoms with Crippen molar-refractivity contribution in [3.63, 3.8) is 0 Å². The second-order valence-corrected chi connectivity index (χ2v) is 28.7. The highest BCUT2D eigenvalue weighted by molar-refractivity contribution is 7.98. The van der Waals surface area contributed by atoms with Crippen LogP contribution in [-0.4, -0.2) is 80.4 Å². The molecule has 0 aliphatic rings. The highest BCUT2D eigenvalue weighted by Gasteiger charge is 2.43. The third-order valence-electron chi connectivity index (χ3n) is 11.8. The third-order valence-corrected chi connectivity index (χ3v) is 21.2. The molecule has 0 aliphatic carbocycles. The molecule has 0 bridgehead atoms. The summed E-state index contributed by atoms with van der Waals surface area (Å²) in [5, 5.41) is 0.232. The first-order valence-corrected chi connectivity index (χ1v) is 27.1. The number of benzene rings is 1. The summed E-state index contributed by atoms with van der Waals surface area (Å²) in [6.45, 7) is 33.5. The molecule has 53 heavy (non-hydrogen) atoms. The van der Waals surface area contributed by atoms with Crippen molar-refractivity contribution in [1.82, 2.24) is 0 Å². The molecule has 0 fully saturated rings. The minimum Gasteiger partial charge on any atom is -0.497 e. The number of carbonyl (C=O) groups excluding carboxylic acids is 1. The Hall–Kier alpha value is -0.986. The lowest BCUT2D eigenvalue weighted by Gasteiger charge is -2.44. The van der Waals surface area contributed by atoms with E-state index in [0.717, 1.165) is 42.6 Å². The van der Waals surface area contributed by atoms with Gasteiger partial charge in [-0.2, -0.15) is 0 Å². The van der Waals surface area contributed by atoms with E-state index in [4.69, 9.17) is 27.8 Å². The first kappa shape index (κ1) is 50.0. The molecule has 1 rings (SSSR count). The molecule has 0 unspecified atom stereocenters. The van der Waals surface area contributed by atoms with Gasteiger partial charge >= 0.3 is 0 Å². The first-order chi connectivity index (χ1) is 24.5. The topological polar surface area (TPSA) is 72.5 Å². The van der Waals surface area contributed by atoms with Crippen LogP contribution in [0.25, 0.3) is 0 Å². The van der Waals surface area contributed by atoms with Gasteiger partial charge in [-0.25, -0.2) is 0 Å². The number of hydrogen-bond acceptors (Lipinski definition) is 8. The van der Waals surface area contributed by atoms with Crippen molar-refractivity contribution in [2.45, 2.75) is 163 Å². The summed E-state index contributed by atoms with van der Waals surface area (Å²) in [6.07, 6.45) is 7.97. The van der Waals surface area contributed by atoms with Crippen molar-refractivity contribution in [2.75, 3.05) is 39.6 Å². The summed E-state index contributed by atoms with van der Waals surface area (Å²) < 4.78 is 37.3. The van der Waals surface area contributed by atoms with E-state index in [1.165, 1.54) is 0 Å². The van der Waals surface area contributed by atoms with Gasteiger partial charge in [-0.1, -0.05) is 80.5 Å². The average molecular weight is 797 g/mol. The van der Waals surface area contributed by atoms with Gasteiger partial charge in [0.1, 0.15) is 5.75 Å². The predicted octanol–water partition coefficient (Wildman–Crippen LogP) is 11.7. The summed E-state index contributed by atoms with van der Waals surface area (Å²) in [6, 6.07) is 7.92. The third kappa shape index (κ3) is 17.8. The van der Waals surface area contributed by atoms with E-state index in [1.807, 2.05) is 31.2 Å². The van der Waals surface area contributed by atoms with E-state index < -0.39 is 16.6 Å². The van der Waals surface area contributed by atoms with Gasteiger partial charge in [0.05, 0.1) is 44.6 Å². The second-order valence-electron chi connectivity index (χ2n) is 18.3. The summed E-state index contributed by atoms with van der Waals surface area (Å²) in [5.74, 6) is 2.38. The Kier molecular flexibility index (Phi) is 22.0. The van der Waals surface area contributed by atoms with Crippen LogP contribution >= 0.6 is 11.8 Å². The molecule has 0 heterocycles. The Balaban J connectivity index is 2.92. The number of Topliss-reactive ketones (excluding diaryl/α,β-unsaturated/α-hetero) is 1. The molecule has 0 aromatic heterocycles. The molecule has 7 nitrogen and oxygen atoms in total. The molecule has 6 atom stereocenters. The molecular weight excluding hydrogens is 717 g/mol. The zero-order valence-electron chi connectivity index (χ0n) is 37.0. The Bertz CT molecular complexity index is 1210. The van der Waals surface area contributed by atoms with Crippen LogP contribution in [0.5, 0.6) is 5.75 Å². The van der Waals surface area contributed by atoms with Crippen LogP contribution in [-0.2, 0) is 34.5 Å². The van der Waals surface area contributed by atoms with Gasteiger partial charge in [0, 0.05) is 26.1 Å². The molecule has 308 valence electrons. The van der Waals surface area contributed by atoms with Crippen molar-refractivity contribution in [3.8, 4) is 5.75 Å². The van der Waals surface area contributed by atoms with Gasteiger partial charge in [-0.15, -0.1) is 11.8 Å². The van der Waals surface area contributed by atoms with Crippen LogP contribution in [0.4, 0.5) is 0 Å². The minimum atomic E-state index is -2.11. The monoisotopic (exact) mass is 797 g/mol. The van der Waals surface area contributed by atoms with Crippen LogP contribution < -0.4 is 4.74 Å². The van der Waals surface area contributed by atoms with E-state index >= 15 is 0 Å². The smallest absolute Gasteiger partial charge is 0.192 e. The molecule has 0 saturated carbocycles. The zero-order valence-corrected chi connectivity index (χ0v) is 39.8. The molecule has 1 aromatic rings. The largest absolute Gasteiger partial charge is 0.497 e. The van der Waals surface area contributed by atoms with Crippen molar-refractivity contribution in [3.05, 3.63) is 41.5 Å². The van der Waals surface area contributed by atoms with E-state index in [0.29, 0.717) is 38.1 Å². The van der Waals surface area contributed by atoms with E-state index in [-0.39, 0.29) is 46.0 Å². The van der Waals surface area contributed by atoms with E-state index in [9.17, 15) is 4.79 Å². The Morgan fingerprint density at radius 2 is 1.51 bits per heavy atom. The standard InChI is InChI=1S/C43H80O7SSi2/c1-32(28-38(46-12)30-47-29-36-21-23-37(45-11)24-22-36)18-19-33(2)39(44)25-20-34(3)41(50-53(16,17)43(8,9)10)35(4)40(48-31-51-13)26-27-49-52(14,15)42(5,6)7/h19,21-24,32,34-35,38,40-41H,18,20,25-31H2,1-17H3/b33-19+/t32-,34-,35-,38-,40-,41-/m1/s1. The quantitative estimate of drug-likeness (QED) is 0.0521. The number of allylic oxidation sites excluding steroid dienone is 2. The van der Waals surface area contributed by atoms with Gasteiger partial charge in [0.15, 0.2) is 22.4 Å². The number of methoxy groups -OCH3 is 2. The van der Waals surface area contributed by atoms with Crippen molar-refractivity contribution in [1.29, 1.82) is 0 Å². The summed E-state index contributed by atoms with van der Waals surface area (Å²) in [7, 11) is -0.579. The van der Waals surface area contributed by atoms with Crippen LogP contribution in [0.1, 0.15) is 107 Å². The van der Waals surface area contributed by atoms with Crippen LogP contribution in [0.2, 0.25) is 36.3 Å². The number of carbonyl (C=O) groups is 1. The lowest BCUT2D eigenvalue weighted by Crippen LogP contribution is -2.50. The van der Waals surface area contributed by atoms with Crippen LogP contribution in [0, 0.1) is 17.8 Å². The molecule has 0 radical (unpaired) electrons. The molecule has 0 aliphatic heterocycles. The minimum absolute atomic E-state index is 0.00401.